The van der Waals surface area contributed by atoms with Gasteiger partial charge in [0.25, 0.3) is 0 Å². The summed E-state index contributed by atoms with van der Waals surface area (Å²) >= 11 is 6.29. The van der Waals surface area contributed by atoms with E-state index in [0.29, 0.717) is 17.9 Å². The number of fused-ring (bicyclic) bond motifs is 1. The van der Waals surface area contributed by atoms with E-state index < -0.39 is 52.2 Å². The molecule has 5 N–H and O–H groups in total. The highest BCUT2D eigenvalue weighted by Crippen LogP contribution is 2.55. The van der Waals surface area contributed by atoms with Gasteiger partial charge in [0.2, 0.25) is 5.28 Å². The maximum absolute atomic E-state index is 12.0. The molecule has 0 aliphatic carbocycles. The summed E-state index contributed by atoms with van der Waals surface area (Å²) in [6.45, 7) is 0.718. The molecular weight excluding hydrogens is 576 g/mol. The molecule has 0 spiro atoms. The Balaban J connectivity index is 1.37. The first-order valence-corrected chi connectivity index (χ1v) is 16.1. The van der Waals surface area contributed by atoms with E-state index in [0.717, 1.165) is 19.4 Å². The molecule has 1 aromatic carbocycles. The summed E-state index contributed by atoms with van der Waals surface area (Å²) in [5.41, 5.74) is 1.89. The van der Waals surface area contributed by atoms with Gasteiger partial charge in [0, 0.05) is 19.0 Å². The zero-order valence-corrected chi connectivity index (χ0v) is 23.0. The van der Waals surface area contributed by atoms with Crippen LogP contribution in [-0.2, 0) is 18.4 Å². The van der Waals surface area contributed by atoms with Crippen LogP contribution in [0.25, 0.3) is 11.2 Å². The van der Waals surface area contributed by atoms with Crippen molar-refractivity contribution in [2.24, 2.45) is 0 Å². The number of ether oxygens (including phenoxy) is 1. The number of anilines is 1. The number of halogens is 1. The smallest absolute Gasteiger partial charge is 0.340 e. The molecule has 0 radical (unpaired) electrons. The molecular formula is C22H28ClN5O9P2. The van der Waals surface area contributed by atoms with E-state index >= 15 is 0 Å². The van der Waals surface area contributed by atoms with Crippen LogP contribution in [0.5, 0.6) is 0 Å². The number of nitrogens with zero attached hydrogens (tertiary/aromatic N) is 5. The van der Waals surface area contributed by atoms with Crippen molar-refractivity contribution >= 4 is 43.8 Å². The van der Waals surface area contributed by atoms with Crippen molar-refractivity contribution in [3.8, 4) is 0 Å². The van der Waals surface area contributed by atoms with E-state index in [9.17, 15) is 24.2 Å². The molecule has 0 amide bonds. The van der Waals surface area contributed by atoms with Gasteiger partial charge in [-0.3, -0.25) is 13.7 Å². The fourth-order valence-electron chi connectivity index (χ4n) is 5.01. The number of rotatable bonds is 8. The number of piperidine rings is 1. The van der Waals surface area contributed by atoms with Crippen molar-refractivity contribution in [2.75, 3.05) is 30.5 Å². The molecule has 212 valence electrons. The van der Waals surface area contributed by atoms with Crippen LogP contribution in [0.4, 0.5) is 5.82 Å². The van der Waals surface area contributed by atoms with E-state index in [1.165, 1.54) is 16.5 Å². The number of aliphatic hydroxyl groups is 2. The van der Waals surface area contributed by atoms with Crippen molar-refractivity contribution in [1.29, 1.82) is 0 Å². The van der Waals surface area contributed by atoms with Crippen LogP contribution < -0.4 is 4.90 Å². The monoisotopic (exact) mass is 603 g/mol. The van der Waals surface area contributed by atoms with E-state index in [1.807, 2.05) is 18.2 Å². The van der Waals surface area contributed by atoms with Crippen LogP contribution in [0, 0.1) is 0 Å². The number of imidazole rings is 1. The minimum Gasteiger partial charge on any atom is -0.387 e. The molecule has 17 heteroatoms. The quantitative estimate of drug-likeness (QED) is 0.184. The summed E-state index contributed by atoms with van der Waals surface area (Å²) in [4.78, 5) is 42.9. The molecule has 3 aromatic rings. The molecule has 2 fully saturated rings. The van der Waals surface area contributed by atoms with Gasteiger partial charge in [-0.05, 0) is 30.0 Å². The molecule has 39 heavy (non-hydrogen) atoms. The molecule has 2 aromatic heterocycles. The minimum absolute atomic E-state index is 0.0485. The van der Waals surface area contributed by atoms with Gasteiger partial charge in [-0.15, -0.1) is 0 Å². The summed E-state index contributed by atoms with van der Waals surface area (Å²) in [5, 5.41) is 21.2. The first kappa shape index (κ1) is 28.6. The maximum Gasteiger partial charge on any atom is 0.340 e. The van der Waals surface area contributed by atoms with Crippen molar-refractivity contribution in [1.82, 2.24) is 19.5 Å². The predicted octanol–water partition coefficient (Wildman–Crippen LogP) is 1.82. The summed E-state index contributed by atoms with van der Waals surface area (Å²) in [6.07, 6.45) is -2.24. The summed E-state index contributed by atoms with van der Waals surface area (Å²) in [5.74, 6) is -0.577. The zero-order chi connectivity index (χ0) is 27.9. The van der Waals surface area contributed by atoms with Gasteiger partial charge in [0.05, 0.1) is 12.9 Å². The Labute approximate surface area is 227 Å². The third kappa shape index (κ3) is 6.36. The van der Waals surface area contributed by atoms with Crippen LogP contribution >= 0.6 is 26.8 Å². The summed E-state index contributed by atoms with van der Waals surface area (Å²) < 4.78 is 34.9. The molecule has 2 aliphatic heterocycles. The lowest BCUT2D eigenvalue weighted by atomic mass is 9.91. The number of aromatic nitrogens is 4. The van der Waals surface area contributed by atoms with Crippen LogP contribution in [-0.4, -0.2) is 88.3 Å². The van der Waals surface area contributed by atoms with E-state index in [2.05, 4.69) is 32.0 Å². The second kappa shape index (κ2) is 11.1. The van der Waals surface area contributed by atoms with Crippen LogP contribution in [0.1, 0.15) is 30.6 Å². The second-order valence-corrected chi connectivity index (χ2v) is 14.0. The Hall–Kier alpha value is -1.96. The van der Waals surface area contributed by atoms with Crippen molar-refractivity contribution in [3.63, 3.8) is 0 Å². The molecule has 6 unspecified atom stereocenters. The van der Waals surface area contributed by atoms with Gasteiger partial charge in [-0.25, -0.2) is 4.98 Å². The highest BCUT2D eigenvalue weighted by Gasteiger charge is 2.46. The highest BCUT2D eigenvalue weighted by atomic mass is 35.5. The number of aliphatic hydroxyl groups excluding tert-OH is 2. The Morgan fingerprint density at radius 1 is 1.10 bits per heavy atom. The van der Waals surface area contributed by atoms with Gasteiger partial charge >= 0.3 is 15.2 Å². The van der Waals surface area contributed by atoms with Gasteiger partial charge in [-0.1, -0.05) is 30.3 Å². The summed E-state index contributed by atoms with van der Waals surface area (Å²) in [7, 11) is -9.52. The van der Waals surface area contributed by atoms with Crippen molar-refractivity contribution in [2.45, 2.75) is 43.3 Å². The Morgan fingerprint density at radius 3 is 2.56 bits per heavy atom. The van der Waals surface area contributed by atoms with E-state index in [-0.39, 0.29) is 16.8 Å². The normalized spacial score (nSPS) is 27.6. The molecule has 14 nitrogen and oxygen atoms in total. The van der Waals surface area contributed by atoms with E-state index in [4.69, 9.17) is 30.6 Å². The average Bonchev–Trinajstić information content (AvgIpc) is 3.42. The second-order valence-electron chi connectivity index (χ2n) is 9.62. The first-order chi connectivity index (χ1) is 18.4. The standard InChI is InChI=1S/C22H28ClN5O9P2/c23-22-25-19(27-8-4-7-14(9-27)13-5-2-1-3-6-13)16-20(26-22)28(11-24-16)21-18(30)17(29)15(37-21)10-36-39(34,35)12-38(31,32)33/h1-3,5-6,11,14-15,17-18,21,29-30H,4,7-10,12H2,(H,34,35)(H2,31,32,33). The van der Waals surface area contributed by atoms with E-state index in [1.54, 1.807) is 0 Å². The van der Waals surface area contributed by atoms with Gasteiger partial charge in [0.15, 0.2) is 29.1 Å². The predicted molar refractivity (Wildman–Crippen MR) is 140 cm³/mol. The minimum atomic E-state index is -4.83. The van der Waals surface area contributed by atoms with Crippen LogP contribution in [0.15, 0.2) is 36.7 Å². The van der Waals surface area contributed by atoms with Crippen LogP contribution in [0.3, 0.4) is 0 Å². The fraction of sp³-hybridized carbons (Fsp3) is 0.500. The number of hydrogen-bond acceptors (Lipinski definition) is 10. The lowest BCUT2D eigenvalue weighted by Crippen LogP contribution is -2.35. The molecule has 0 saturated carbocycles. The van der Waals surface area contributed by atoms with Gasteiger partial charge in [0.1, 0.15) is 18.3 Å². The fourth-order valence-corrected chi connectivity index (χ4v) is 7.74. The molecule has 0 bridgehead atoms. The lowest BCUT2D eigenvalue weighted by molar-refractivity contribution is -0.0483. The summed E-state index contributed by atoms with van der Waals surface area (Å²) in [6, 6.07) is 10.2. The molecule has 2 aliphatic rings. The largest absolute Gasteiger partial charge is 0.387 e. The number of hydrogen-bond donors (Lipinski definition) is 5. The topological polar surface area (TPSA) is 201 Å². The first-order valence-electron chi connectivity index (χ1n) is 12.1. The third-order valence-corrected chi connectivity index (χ3v) is 10.4. The van der Waals surface area contributed by atoms with Crippen molar-refractivity contribution in [3.05, 3.63) is 47.5 Å². The SMILES string of the molecule is O=P(O)(O)CP(=O)(O)OCC1OC(n2cnc3c(N4CCCC(c5ccccc5)C4)nc(Cl)nc32)C(O)C1O. The maximum atomic E-state index is 12.0. The van der Waals surface area contributed by atoms with Gasteiger partial charge in [-0.2, -0.15) is 9.97 Å². The lowest BCUT2D eigenvalue weighted by Gasteiger charge is -2.34. The Kier molecular flexibility index (Phi) is 8.16. The third-order valence-electron chi connectivity index (χ3n) is 6.78. The Bertz CT molecular complexity index is 1420. The van der Waals surface area contributed by atoms with Crippen molar-refractivity contribution < 1.29 is 43.3 Å². The molecule has 2 saturated heterocycles. The molecule has 4 heterocycles. The highest BCUT2D eigenvalue weighted by molar-refractivity contribution is 7.70. The van der Waals surface area contributed by atoms with Gasteiger partial charge < -0.3 is 39.1 Å². The Morgan fingerprint density at radius 2 is 1.85 bits per heavy atom. The van der Waals surface area contributed by atoms with Crippen LogP contribution in [0.2, 0.25) is 5.28 Å². The molecule has 5 rings (SSSR count). The zero-order valence-electron chi connectivity index (χ0n) is 20.5. The number of benzene rings is 1. The molecule has 6 atom stereocenters. The average molecular weight is 604 g/mol.